The van der Waals surface area contributed by atoms with Crippen LogP contribution >= 0.6 is 0 Å². The van der Waals surface area contributed by atoms with E-state index in [0.29, 0.717) is 0 Å². The average Bonchev–Trinajstić information content (AvgIpc) is 2.38. The van der Waals surface area contributed by atoms with E-state index in [1.54, 1.807) is 24.4 Å². The molecule has 0 amide bonds. The summed E-state index contributed by atoms with van der Waals surface area (Å²) in [5.41, 5.74) is 0.854. The molecule has 19 heavy (non-hydrogen) atoms. The van der Waals surface area contributed by atoms with Crippen LogP contribution in [0.2, 0.25) is 0 Å². The number of sulfone groups is 1. The standard InChI is InChI=1S/C15H25NO2S/c1-4-5-6-7-8-11-14(2)15(19(3,17)18)12-9-10-13-16-15/h9-13,16H,4-8H2,1-3H3/b14-11-. The zero-order chi connectivity index (χ0) is 14.4. The maximum absolute atomic E-state index is 12.1. The minimum Gasteiger partial charge on any atom is -0.366 e. The number of allylic oxidation sites excluding steroid dienone is 3. The molecule has 0 saturated carbocycles. The topological polar surface area (TPSA) is 46.2 Å². The summed E-state index contributed by atoms with van der Waals surface area (Å²) in [4.78, 5) is -1.06. The van der Waals surface area contributed by atoms with Gasteiger partial charge >= 0.3 is 0 Å². The Morgan fingerprint density at radius 2 is 2.00 bits per heavy atom. The van der Waals surface area contributed by atoms with Crippen LogP contribution in [0.15, 0.2) is 36.1 Å². The van der Waals surface area contributed by atoms with Gasteiger partial charge in [-0.05, 0) is 43.7 Å². The predicted octanol–water partition coefficient (Wildman–Crippen LogP) is 3.32. The Balaban J connectivity index is 2.80. The minimum absolute atomic E-state index is 0.854. The van der Waals surface area contributed by atoms with Crippen LogP contribution in [0.5, 0.6) is 0 Å². The molecule has 0 spiro atoms. The van der Waals surface area contributed by atoms with Gasteiger partial charge in [-0.1, -0.05) is 38.3 Å². The lowest BCUT2D eigenvalue weighted by Gasteiger charge is -2.32. The molecule has 1 heterocycles. The van der Waals surface area contributed by atoms with Gasteiger partial charge in [-0.25, -0.2) is 8.42 Å². The Bertz CT molecular complexity index is 474. The molecule has 1 aliphatic rings. The Hall–Kier alpha value is -1.03. The number of dihydropyridines is 1. The van der Waals surface area contributed by atoms with Gasteiger partial charge in [-0.3, -0.25) is 0 Å². The van der Waals surface area contributed by atoms with Crippen LogP contribution in [0.3, 0.4) is 0 Å². The first-order valence-electron chi connectivity index (χ1n) is 6.93. The van der Waals surface area contributed by atoms with E-state index < -0.39 is 14.7 Å². The highest BCUT2D eigenvalue weighted by Crippen LogP contribution is 2.27. The molecule has 0 aromatic carbocycles. The molecule has 0 bridgehead atoms. The van der Waals surface area contributed by atoms with Gasteiger partial charge in [0.25, 0.3) is 0 Å². The lowest BCUT2D eigenvalue weighted by atomic mass is 10.0. The molecule has 1 atom stereocenters. The van der Waals surface area contributed by atoms with Crippen LogP contribution in [0.25, 0.3) is 0 Å². The summed E-state index contributed by atoms with van der Waals surface area (Å²) in [5, 5.41) is 3.00. The van der Waals surface area contributed by atoms with E-state index in [2.05, 4.69) is 12.2 Å². The van der Waals surface area contributed by atoms with Gasteiger partial charge in [-0.15, -0.1) is 0 Å². The van der Waals surface area contributed by atoms with E-state index in [0.717, 1.165) is 18.4 Å². The van der Waals surface area contributed by atoms with E-state index in [-0.39, 0.29) is 0 Å². The number of hydrogen-bond donors (Lipinski definition) is 1. The lowest BCUT2D eigenvalue weighted by Crippen LogP contribution is -2.49. The quantitative estimate of drug-likeness (QED) is 0.576. The van der Waals surface area contributed by atoms with Crippen LogP contribution in [-0.4, -0.2) is 19.5 Å². The summed E-state index contributed by atoms with van der Waals surface area (Å²) in [6.45, 7) is 4.07. The number of rotatable bonds is 7. The van der Waals surface area contributed by atoms with Crippen molar-refractivity contribution in [3.8, 4) is 0 Å². The fourth-order valence-electron chi connectivity index (χ4n) is 2.28. The second-order valence-corrected chi connectivity index (χ2v) is 7.30. The molecular formula is C15H25NO2S. The van der Waals surface area contributed by atoms with Crippen molar-refractivity contribution in [2.75, 3.05) is 6.26 Å². The highest BCUT2D eigenvalue weighted by atomic mass is 32.2. The highest BCUT2D eigenvalue weighted by Gasteiger charge is 2.39. The monoisotopic (exact) mass is 283 g/mol. The summed E-state index contributed by atoms with van der Waals surface area (Å²) in [6, 6.07) is 0. The van der Waals surface area contributed by atoms with E-state index in [9.17, 15) is 8.42 Å². The number of hydrogen-bond acceptors (Lipinski definition) is 3. The normalized spacial score (nSPS) is 23.4. The van der Waals surface area contributed by atoms with Crippen molar-refractivity contribution in [1.29, 1.82) is 0 Å². The third-order valence-corrected chi connectivity index (χ3v) is 5.26. The number of unbranched alkanes of at least 4 members (excludes halogenated alkanes) is 4. The third kappa shape index (κ3) is 3.96. The van der Waals surface area contributed by atoms with Gasteiger partial charge in [0.2, 0.25) is 0 Å². The predicted molar refractivity (Wildman–Crippen MR) is 81.5 cm³/mol. The largest absolute Gasteiger partial charge is 0.366 e. The molecule has 0 saturated heterocycles. The summed E-state index contributed by atoms with van der Waals surface area (Å²) in [6.07, 6.45) is 16.0. The molecule has 0 radical (unpaired) electrons. The molecule has 108 valence electrons. The third-order valence-electron chi connectivity index (χ3n) is 3.51. The molecule has 0 fully saturated rings. The van der Waals surface area contributed by atoms with Gasteiger partial charge < -0.3 is 5.32 Å². The van der Waals surface area contributed by atoms with Crippen molar-refractivity contribution in [1.82, 2.24) is 5.32 Å². The molecule has 1 N–H and O–H groups in total. The Kier molecular flexibility index (Phi) is 5.85. The lowest BCUT2D eigenvalue weighted by molar-refractivity contribution is 0.558. The molecule has 3 nitrogen and oxygen atoms in total. The second-order valence-electron chi connectivity index (χ2n) is 5.11. The molecule has 0 aromatic rings. The van der Waals surface area contributed by atoms with Crippen LogP contribution < -0.4 is 5.32 Å². The maximum atomic E-state index is 12.1. The highest BCUT2D eigenvalue weighted by molar-refractivity contribution is 7.92. The SMILES string of the molecule is CCCCCC/C=C(/C)C1(S(C)(=O)=O)C=CC=CN1. The van der Waals surface area contributed by atoms with Crippen LogP contribution in [0.1, 0.15) is 46.0 Å². The smallest absolute Gasteiger partial charge is 0.180 e. The van der Waals surface area contributed by atoms with Crippen molar-refractivity contribution in [3.63, 3.8) is 0 Å². The summed E-state index contributed by atoms with van der Waals surface area (Å²) >= 11 is 0. The fourth-order valence-corrected chi connectivity index (χ4v) is 3.55. The summed E-state index contributed by atoms with van der Waals surface area (Å²) < 4.78 is 24.2. The molecular weight excluding hydrogens is 258 g/mol. The number of nitrogens with one attached hydrogen (secondary N) is 1. The van der Waals surface area contributed by atoms with Gasteiger partial charge in [0.05, 0.1) is 0 Å². The Labute approximate surface area is 117 Å². The molecule has 0 aliphatic carbocycles. The van der Waals surface area contributed by atoms with E-state index in [4.69, 9.17) is 0 Å². The maximum Gasteiger partial charge on any atom is 0.180 e. The average molecular weight is 283 g/mol. The first-order valence-corrected chi connectivity index (χ1v) is 8.82. The van der Waals surface area contributed by atoms with E-state index in [1.165, 1.54) is 25.5 Å². The van der Waals surface area contributed by atoms with Crippen molar-refractivity contribution in [2.24, 2.45) is 0 Å². The van der Waals surface area contributed by atoms with Crippen molar-refractivity contribution < 1.29 is 8.42 Å². The molecule has 0 aromatic heterocycles. The molecule has 1 aliphatic heterocycles. The molecule has 4 heteroatoms. The Morgan fingerprint density at radius 1 is 1.26 bits per heavy atom. The van der Waals surface area contributed by atoms with E-state index >= 15 is 0 Å². The summed E-state index contributed by atoms with van der Waals surface area (Å²) in [7, 11) is -3.25. The van der Waals surface area contributed by atoms with Gasteiger partial charge in [0.1, 0.15) is 0 Å². The zero-order valence-corrected chi connectivity index (χ0v) is 13.0. The van der Waals surface area contributed by atoms with Crippen LogP contribution in [-0.2, 0) is 9.84 Å². The van der Waals surface area contributed by atoms with Gasteiger partial charge in [0.15, 0.2) is 14.7 Å². The fraction of sp³-hybridized carbons (Fsp3) is 0.600. The Morgan fingerprint density at radius 3 is 2.53 bits per heavy atom. The van der Waals surface area contributed by atoms with E-state index in [1.807, 2.05) is 13.0 Å². The molecule has 1 unspecified atom stereocenters. The van der Waals surface area contributed by atoms with Gasteiger partial charge in [0, 0.05) is 6.26 Å². The first-order chi connectivity index (χ1) is 8.94. The summed E-state index contributed by atoms with van der Waals surface area (Å²) in [5.74, 6) is 0. The minimum atomic E-state index is -3.25. The zero-order valence-electron chi connectivity index (χ0n) is 12.1. The molecule has 1 rings (SSSR count). The van der Waals surface area contributed by atoms with Gasteiger partial charge in [-0.2, -0.15) is 0 Å². The van der Waals surface area contributed by atoms with Crippen LogP contribution in [0.4, 0.5) is 0 Å². The van der Waals surface area contributed by atoms with Crippen molar-refractivity contribution in [3.05, 3.63) is 36.1 Å². The van der Waals surface area contributed by atoms with Crippen LogP contribution in [0, 0.1) is 0 Å². The van der Waals surface area contributed by atoms with Crippen molar-refractivity contribution >= 4 is 9.84 Å². The second kappa shape index (κ2) is 6.94. The van der Waals surface area contributed by atoms with Crippen molar-refractivity contribution in [2.45, 2.75) is 50.8 Å². The first kappa shape index (κ1) is 16.0.